The van der Waals surface area contributed by atoms with Gasteiger partial charge in [0.25, 0.3) is 0 Å². The highest BCUT2D eigenvalue weighted by Crippen LogP contribution is 2.42. The normalized spacial score (nSPS) is 19.7. The van der Waals surface area contributed by atoms with Crippen molar-refractivity contribution in [3.05, 3.63) is 83.4 Å². The van der Waals surface area contributed by atoms with Gasteiger partial charge in [-0.1, -0.05) is 17.7 Å². The van der Waals surface area contributed by atoms with Gasteiger partial charge >= 0.3 is 0 Å². The molecule has 1 fully saturated rings. The molecule has 4 rings (SSSR count). The van der Waals surface area contributed by atoms with Crippen LogP contribution in [0.1, 0.15) is 44.1 Å². The van der Waals surface area contributed by atoms with Gasteiger partial charge < -0.3 is 14.8 Å². The zero-order valence-electron chi connectivity index (χ0n) is 16.1. The van der Waals surface area contributed by atoms with Gasteiger partial charge in [-0.2, -0.15) is 0 Å². The van der Waals surface area contributed by atoms with Crippen LogP contribution < -0.4 is 10.2 Å². The average Bonchev–Trinajstić information content (AvgIpc) is 3.28. The molecule has 1 aliphatic heterocycles. The third-order valence-corrected chi connectivity index (χ3v) is 5.60. The van der Waals surface area contributed by atoms with Gasteiger partial charge in [0.2, 0.25) is 0 Å². The molecule has 0 amide bonds. The summed E-state index contributed by atoms with van der Waals surface area (Å²) in [5.74, 6) is 0. The summed E-state index contributed by atoms with van der Waals surface area (Å²) in [7, 11) is 0. The Morgan fingerprint density at radius 3 is 2.43 bits per heavy atom. The summed E-state index contributed by atoms with van der Waals surface area (Å²) in [6.45, 7) is 6.59. The number of benzene rings is 1. The molecular weight excluding hydrogens is 388 g/mol. The lowest BCUT2D eigenvalue weighted by molar-refractivity contribution is 0.397. The fourth-order valence-electron chi connectivity index (χ4n) is 3.58. The van der Waals surface area contributed by atoms with Crippen molar-refractivity contribution in [1.29, 1.82) is 0 Å². The SMILES string of the molecule is CC(C)(C)n1ccc([C@@H]2[C@H](c3ccccn3)NC(=S)N2c2ccc(Cl)cc2)c1. The van der Waals surface area contributed by atoms with Crippen LogP contribution >= 0.6 is 23.8 Å². The summed E-state index contributed by atoms with van der Waals surface area (Å²) in [5, 5.41) is 4.88. The number of thiocarbonyl (C=S) groups is 1. The van der Waals surface area contributed by atoms with E-state index in [4.69, 9.17) is 23.8 Å². The second kappa shape index (κ2) is 7.22. The van der Waals surface area contributed by atoms with Gasteiger partial charge in [-0.3, -0.25) is 4.98 Å². The monoisotopic (exact) mass is 410 g/mol. The van der Waals surface area contributed by atoms with Crippen molar-refractivity contribution in [2.24, 2.45) is 0 Å². The highest BCUT2D eigenvalue weighted by Gasteiger charge is 2.41. The van der Waals surface area contributed by atoms with Crippen LogP contribution in [0.5, 0.6) is 0 Å². The number of halogens is 1. The third kappa shape index (κ3) is 3.52. The molecule has 1 aliphatic rings. The molecule has 2 aromatic heterocycles. The van der Waals surface area contributed by atoms with E-state index in [0.717, 1.165) is 11.4 Å². The molecule has 4 nitrogen and oxygen atoms in total. The van der Waals surface area contributed by atoms with Crippen LogP contribution in [0.15, 0.2) is 67.1 Å². The topological polar surface area (TPSA) is 33.1 Å². The van der Waals surface area contributed by atoms with Gasteiger partial charge in [-0.05, 0) is 81.0 Å². The first-order chi connectivity index (χ1) is 13.3. The molecule has 6 heteroatoms. The van der Waals surface area contributed by atoms with Crippen LogP contribution in [-0.4, -0.2) is 14.7 Å². The van der Waals surface area contributed by atoms with E-state index in [9.17, 15) is 0 Å². The van der Waals surface area contributed by atoms with E-state index in [-0.39, 0.29) is 17.6 Å². The van der Waals surface area contributed by atoms with Gasteiger partial charge in [0, 0.05) is 34.8 Å². The summed E-state index contributed by atoms with van der Waals surface area (Å²) >= 11 is 11.8. The van der Waals surface area contributed by atoms with E-state index in [1.807, 2.05) is 48.7 Å². The Morgan fingerprint density at radius 1 is 1.07 bits per heavy atom. The van der Waals surface area contributed by atoms with Crippen molar-refractivity contribution in [3.63, 3.8) is 0 Å². The van der Waals surface area contributed by atoms with Crippen LogP contribution in [0.25, 0.3) is 0 Å². The quantitative estimate of drug-likeness (QED) is 0.580. The smallest absolute Gasteiger partial charge is 0.174 e. The number of nitrogens with one attached hydrogen (secondary N) is 1. The fourth-order valence-corrected chi connectivity index (χ4v) is 4.05. The molecule has 0 aliphatic carbocycles. The predicted molar refractivity (Wildman–Crippen MR) is 119 cm³/mol. The van der Waals surface area contributed by atoms with Crippen LogP contribution in [-0.2, 0) is 5.54 Å². The zero-order valence-corrected chi connectivity index (χ0v) is 17.7. The first kappa shape index (κ1) is 19.0. The van der Waals surface area contributed by atoms with Crippen LogP contribution in [0, 0.1) is 0 Å². The number of rotatable bonds is 3. The first-order valence-corrected chi connectivity index (χ1v) is 10.1. The highest BCUT2D eigenvalue weighted by molar-refractivity contribution is 7.80. The van der Waals surface area contributed by atoms with Crippen LogP contribution in [0.2, 0.25) is 5.02 Å². The molecule has 1 aromatic carbocycles. The maximum absolute atomic E-state index is 6.11. The summed E-state index contributed by atoms with van der Waals surface area (Å²) in [5.41, 5.74) is 3.17. The first-order valence-electron chi connectivity index (χ1n) is 9.29. The summed E-state index contributed by atoms with van der Waals surface area (Å²) in [6, 6.07) is 15.9. The van der Waals surface area contributed by atoms with Gasteiger partial charge in [0.05, 0.1) is 17.8 Å². The Hall–Kier alpha value is -2.37. The highest BCUT2D eigenvalue weighted by atomic mass is 35.5. The lowest BCUT2D eigenvalue weighted by Crippen LogP contribution is -2.29. The minimum atomic E-state index is -0.0415. The molecule has 1 N–H and O–H groups in total. The minimum absolute atomic E-state index is 0.00724. The molecule has 1 saturated heterocycles. The number of nitrogens with zero attached hydrogens (tertiary/aromatic N) is 3. The van der Waals surface area contributed by atoms with E-state index in [0.29, 0.717) is 10.1 Å². The largest absolute Gasteiger partial charge is 0.351 e. The van der Waals surface area contributed by atoms with Crippen molar-refractivity contribution in [2.75, 3.05) is 4.90 Å². The van der Waals surface area contributed by atoms with Crippen LogP contribution in [0.3, 0.4) is 0 Å². The molecule has 3 aromatic rings. The zero-order chi connectivity index (χ0) is 19.9. The molecule has 0 saturated carbocycles. The molecule has 0 bridgehead atoms. The Kier molecular flexibility index (Phi) is 4.89. The van der Waals surface area contributed by atoms with Gasteiger partial charge in [0.1, 0.15) is 0 Å². The number of anilines is 1. The fraction of sp³-hybridized carbons (Fsp3) is 0.273. The van der Waals surface area contributed by atoms with Gasteiger partial charge in [-0.15, -0.1) is 0 Å². The summed E-state index contributed by atoms with van der Waals surface area (Å²) in [4.78, 5) is 6.75. The van der Waals surface area contributed by atoms with E-state index >= 15 is 0 Å². The standard InChI is InChI=1S/C22H23ClN4S/c1-22(2,3)26-13-11-15(14-26)20-19(18-6-4-5-12-24-18)25-21(28)27(20)17-9-7-16(23)8-10-17/h4-14,19-20H,1-3H3,(H,25,28)/t19-,20+/m0/s1. The lowest BCUT2D eigenvalue weighted by Gasteiger charge is -2.28. The van der Waals surface area contributed by atoms with E-state index in [1.165, 1.54) is 5.56 Å². The maximum atomic E-state index is 6.11. The number of aromatic nitrogens is 2. The molecular formula is C22H23ClN4S. The van der Waals surface area contributed by atoms with Crippen molar-refractivity contribution in [2.45, 2.75) is 38.4 Å². The lowest BCUT2D eigenvalue weighted by atomic mass is 9.98. The Balaban J connectivity index is 1.81. The van der Waals surface area contributed by atoms with Gasteiger partial charge in [-0.25, -0.2) is 0 Å². The van der Waals surface area contributed by atoms with Gasteiger partial charge in [0.15, 0.2) is 5.11 Å². The molecule has 0 radical (unpaired) electrons. The van der Waals surface area contributed by atoms with Crippen molar-refractivity contribution >= 4 is 34.6 Å². The van der Waals surface area contributed by atoms with E-state index in [2.05, 4.69) is 59.0 Å². The summed E-state index contributed by atoms with van der Waals surface area (Å²) < 4.78 is 2.24. The molecule has 2 atom stereocenters. The molecule has 28 heavy (non-hydrogen) atoms. The minimum Gasteiger partial charge on any atom is -0.351 e. The Bertz CT molecular complexity index is 976. The van der Waals surface area contributed by atoms with E-state index in [1.54, 1.807) is 0 Å². The molecule has 144 valence electrons. The second-order valence-corrected chi connectivity index (χ2v) is 8.82. The summed E-state index contributed by atoms with van der Waals surface area (Å²) in [6.07, 6.45) is 6.16. The number of hydrogen-bond donors (Lipinski definition) is 1. The average molecular weight is 411 g/mol. The molecule has 0 spiro atoms. The molecule has 3 heterocycles. The number of hydrogen-bond acceptors (Lipinski definition) is 2. The molecule has 0 unspecified atom stereocenters. The predicted octanol–water partition coefficient (Wildman–Crippen LogP) is 5.47. The van der Waals surface area contributed by atoms with Crippen LogP contribution in [0.4, 0.5) is 5.69 Å². The van der Waals surface area contributed by atoms with Crippen molar-refractivity contribution in [3.8, 4) is 0 Å². The van der Waals surface area contributed by atoms with Crippen molar-refractivity contribution < 1.29 is 0 Å². The second-order valence-electron chi connectivity index (χ2n) is 8.00. The Labute approximate surface area is 176 Å². The van der Waals surface area contributed by atoms with Crippen molar-refractivity contribution in [1.82, 2.24) is 14.9 Å². The third-order valence-electron chi connectivity index (χ3n) is 5.03. The Morgan fingerprint density at radius 2 is 1.82 bits per heavy atom. The van der Waals surface area contributed by atoms with E-state index < -0.39 is 0 Å². The maximum Gasteiger partial charge on any atom is 0.174 e. The number of pyridine rings is 1.